The summed E-state index contributed by atoms with van der Waals surface area (Å²) in [4.78, 5) is -0.197. The van der Waals surface area contributed by atoms with E-state index >= 15 is 0 Å². The molecule has 0 fully saturated rings. The van der Waals surface area contributed by atoms with Gasteiger partial charge in [-0.2, -0.15) is 18.4 Å². The summed E-state index contributed by atoms with van der Waals surface area (Å²) in [7, 11) is 0. The lowest BCUT2D eigenvalue weighted by molar-refractivity contribution is -0.139. The molecule has 0 saturated heterocycles. The third kappa shape index (κ3) is 2.15. The van der Waals surface area contributed by atoms with Crippen LogP contribution >= 0.6 is 35.2 Å². The summed E-state index contributed by atoms with van der Waals surface area (Å²) in [6.07, 6.45) is -4.43. The zero-order chi connectivity index (χ0) is 10.9. The SMILES string of the molecule is N#Cc1ccc(C(F)(F)F)c(S)c1I. The van der Waals surface area contributed by atoms with Gasteiger partial charge < -0.3 is 0 Å². The van der Waals surface area contributed by atoms with E-state index in [9.17, 15) is 13.2 Å². The smallest absolute Gasteiger partial charge is 0.192 e. The van der Waals surface area contributed by atoms with E-state index < -0.39 is 11.7 Å². The van der Waals surface area contributed by atoms with E-state index in [0.29, 0.717) is 0 Å². The maximum atomic E-state index is 12.3. The lowest BCUT2D eigenvalue weighted by Gasteiger charge is -2.11. The number of alkyl halides is 3. The van der Waals surface area contributed by atoms with Crippen molar-refractivity contribution in [3.05, 3.63) is 26.8 Å². The van der Waals surface area contributed by atoms with Gasteiger partial charge in [0.25, 0.3) is 0 Å². The molecule has 0 aliphatic heterocycles. The minimum atomic E-state index is -4.43. The molecule has 6 heteroatoms. The van der Waals surface area contributed by atoms with Crippen molar-refractivity contribution in [2.45, 2.75) is 11.1 Å². The van der Waals surface area contributed by atoms with Crippen LogP contribution in [-0.2, 0) is 6.18 Å². The second-order valence-corrected chi connectivity index (χ2v) is 3.96. The molecule has 1 aromatic rings. The lowest BCUT2D eigenvalue weighted by Crippen LogP contribution is -2.07. The molecule has 1 nitrogen and oxygen atoms in total. The minimum absolute atomic E-state index is 0.197. The maximum Gasteiger partial charge on any atom is 0.417 e. The molecule has 0 aromatic heterocycles. The highest BCUT2D eigenvalue weighted by atomic mass is 127. The molecule has 0 amide bonds. The Morgan fingerprint density at radius 3 is 2.36 bits per heavy atom. The Hall–Kier alpha value is -0.420. The van der Waals surface area contributed by atoms with Crippen LogP contribution in [0.1, 0.15) is 11.1 Å². The van der Waals surface area contributed by atoms with Crippen LogP contribution in [0.2, 0.25) is 0 Å². The van der Waals surface area contributed by atoms with Gasteiger partial charge >= 0.3 is 6.18 Å². The second-order valence-electron chi connectivity index (χ2n) is 2.43. The van der Waals surface area contributed by atoms with E-state index in [2.05, 4.69) is 12.6 Å². The van der Waals surface area contributed by atoms with Crippen molar-refractivity contribution < 1.29 is 13.2 Å². The number of hydrogen-bond donors (Lipinski definition) is 1. The first kappa shape index (κ1) is 11.7. The Morgan fingerprint density at radius 1 is 1.36 bits per heavy atom. The molecule has 0 aliphatic carbocycles. The average molecular weight is 329 g/mol. The van der Waals surface area contributed by atoms with Gasteiger partial charge in [0, 0.05) is 8.47 Å². The summed E-state index contributed by atoms with van der Waals surface area (Å²) in [5.74, 6) is 0. The first-order chi connectivity index (χ1) is 6.38. The highest BCUT2D eigenvalue weighted by Gasteiger charge is 2.33. The van der Waals surface area contributed by atoms with Crippen molar-refractivity contribution in [3.8, 4) is 6.07 Å². The Balaban J connectivity index is 3.41. The minimum Gasteiger partial charge on any atom is -0.192 e. The number of thiol groups is 1. The molecule has 0 atom stereocenters. The monoisotopic (exact) mass is 329 g/mol. The van der Waals surface area contributed by atoms with E-state index in [1.165, 1.54) is 0 Å². The van der Waals surface area contributed by atoms with Gasteiger partial charge in [-0.3, -0.25) is 0 Å². The van der Waals surface area contributed by atoms with E-state index in [4.69, 9.17) is 5.26 Å². The highest BCUT2D eigenvalue weighted by Crippen LogP contribution is 2.36. The molecule has 0 heterocycles. The topological polar surface area (TPSA) is 23.8 Å². The molecule has 1 rings (SSSR count). The largest absolute Gasteiger partial charge is 0.417 e. The zero-order valence-corrected chi connectivity index (χ0v) is 9.61. The molecular weight excluding hydrogens is 326 g/mol. The van der Waals surface area contributed by atoms with Gasteiger partial charge in [-0.15, -0.1) is 12.6 Å². The van der Waals surface area contributed by atoms with E-state index in [1.807, 2.05) is 0 Å². The van der Waals surface area contributed by atoms with Crippen molar-refractivity contribution in [1.82, 2.24) is 0 Å². The van der Waals surface area contributed by atoms with Crippen molar-refractivity contribution in [2.75, 3.05) is 0 Å². The quantitative estimate of drug-likeness (QED) is 0.572. The number of hydrogen-bond acceptors (Lipinski definition) is 2. The van der Waals surface area contributed by atoms with Gasteiger partial charge in [-0.1, -0.05) is 0 Å². The summed E-state index contributed by atoms with van der Waals surface area (Å²) < 4.78 is 37.2. The Kier molecular flexibility index (Phi) is 3.32. The average Bonchev–Trinajstić information content (AvgIpc) is 2.07. The van der Waals surface area contributed by atoms with Gasteiger partial charge in [0.1, 0.15) is 6.07 Å². The van der Waals surface area contributed by atoms with Crippen LogP contribution in [0.5, 0.6) is 0 Å². The van der Waals surface area contributed by atoms with Crippen molar-refractivity contribution in [1.29, 1.82) is 5.26 Å². The van der Waals surface area contributed by atoms with Crippen LogP contribution in [0, 0.1) is 14.9 Å². The summed E-state index contributed by atoms with van der Waals surface area (Å²) in [6.45, 7) is 0. The fourth-order valence-corrected chi connectivity index (χ4v) is 1.79. The fraction of sp³-hybridized carbons (Fsp3) is 0.125. The number of halogens is 4. The molecule has 0 radical (unpaired) electrons. The maximum absolute atomic E-state index is 12.3. The van der Waals surface area contributed by atoms with Crippen LogP contribution in [0.3, 0.4) is 0 Å². The summed E-state index contributed by atoms with van der Waals surface area (Å²) >= 11 is 5.42. The molecule has 0 aliphatic rings. The number of rotatable bonds is 0. The van der Waals surface area contributed by atoms with E-state index in [1.54, 1.807) is 28.7 Å². The van der Waals surface area contributed by atoms with E-state index in [-0.39, 0.29) is 14.0 Å². The predicted octanol–water partition coefficient (Wildman–Crippen LogP) is 3.47. The second kappa shape index (κ2) is 3.98. The zero-order valence-electron chi connectivity index (χ0n) is 6.56. The Labute approximate surface area is 97.5 Å². The molecule has 0 unspecified atom stereocenters. The number of nitrogens with zero attached hydrogens (tertiary/aromatic N) is 1. The van der Waals surface area contributed by atoms with Gasteiger partial charge in [-0.05, 0) is 34.7 Å². The van der Waals surface area contributed by atoms with Crippen LogP contribution in [0.15, 0.2) is 17.0 Å². The third-order valence-electron chi connectivity index (χ3n) is 1.54. The number of benzene rings is 1. The van der Waals surface area contributed by atoms with Crippen molar-refractivity contribution in [3.63, 3.8) is 0 Å². The molecule has 0 saturated carbocycles. The normalized spacial score (nSPS) is 11.1. The third-order valence-corrected chi connectivity index (χ3v) is 3.55. The predicted molar refractivity (Wildman–Crippen MR) is 56.1 cm³/mol. The Morgan fingerprint density at radius 2 is 1.93 bits per heavy atom. The standard InChI is InChI=1S/C8H3F3INS/c9-8(10,11)5-2-1-4(3-13)6(12)7(5)14/h1-2,14H. The number of nitriles is 1. The van der Waals surface area contributed by atoms with Crippen LogP contribution < -0.4 is 0 Å². The van der Waals surface area contributed by atoms with Gasteiger partial charge in [0.2, 0.25) is 0 Å². The molecule has 1 aromatic carbocycles. The van der Waals surface area contributed by atoms with Crippen LogP contribution in [0.4, 0.5) is 13.2 Å². The van der Waals surface area contributed by atoms with Crippen molar-refractivity contribution >= 4 is 35.2 Å². The van der Waals surface area contributed by atoms with Crippen molar-refractivity contribution in [2.24, 2.45) is 0 Å². The fourth-order valence-electron chi connectivity index (χ4n) is 0.880. The van der Waals surface area contributed by atoms with Gasteiger partial charge in [0.05, 0.1) is 11.1 Å². The molecular formula is C8H3F3INS. The summed E-state index contributed by atoms with van der Waals surface area (Å²) in [5, 5.41) is 8.57. The lowest BCUT2D eigenvalue weighted by atomic mass is 10.1. The Bertz CT molecular complexity index is 408. The summed E-state index contributed by atoms with van der Waals surface area (Å²) in [6, 6.07) is 3.80. The first-order valence-corrected chi connectivity index (χ1v) is 4.89. The highest BCUT2D eigenvalue weighted by molar-refractivity contribution is 14.1. The molecule has 0 spiro atoms. The molecule has 0 bridgehead atoms. The van der Waals surface area contributed by atoms with Crippen LogP contribution in [0.25, 0.3) is 0 Å². The molecule has 0 N–H and O–H groups in total. The van der Waals surface area contributed by atoms with Gasteiger partial charge in [-0.25, -0.2) is 0 Å². The molecule has 14 heavy (non-hydrogen) atoms. The molecule has 74 valence electrons. The first-order valence-electron chi connectivity index (χ1n) is 3.36. The van der Waals surface area contributed by atoms with E-state index in [0.717, 1.165) is 12.1 Å². The van der Waals surface area contributed by atoms with Crippen LogP contribution in [-0.4, -0.2) is 0 Å². The van der Waals surface area contributed by atoms with Gasteiger partial charge in [0.15, 0.2) is 0 Å². The summed E-state index contributed by atoms with van der Waals surface area (Å²) in [5.41, 5.74) is -0.618.